The minimum atomic E-state index is -3.66. The maximum Gasteiger partial charge on any atom is 0.273 e. The molecule has 0 radical (unpaired) electrons. The Morgan fingerprint density at radius 1 is 1.39 bits per heavy atom. The third kappa shape index (κ3) is 4.09. The highest BCUT2D eigenvalue weighted by atomic mass is 32.2. The molecule has 0 amide bonds. The molecule has 0 aliphatic rings. The summed E-state index contributed by atoms with van der Waals surface area (Å²) in [5.41, 5.74) is -0.506. The molecule has 1 aromatic rings. The Morgan fingerprint density at radius 2 is 2.06 bits per heavy atom. The SMILES string of the molecule is CNCc1ccc(S(=O)(=O)NCC(C)(C)CO)o1. The van der Waals surface area contributed by atoms with Gasteiger partial charge in [0, 0.05) is 18.6 Å². The largest absolute Gasteiger partial charge is 0.447 e. The highest BCUT2D eigenvalue weighted by Crippen LogP contribution is 2.16. The first-order valence-electron chi connectivity index (χ1n) is 5.64. The van der Waals surface area contributed by atoms with Crippen LogP contribution in [0.1, 0.15) is 19.6 Å². The Hall–Kier alpha value is -0.890. The van der Waals surface area contributed by atoms with Crippen LogP contribution >= 0.6 is 0 Å². The van der Waals surface area contributed by atoms with E-state index in [1.54, 1.807) is 27.0 Å². The third-order valence-corrected chi connectivity index (χ3v) is 3.70. The van der Waals surface area contributed by atoms with Gasteiger partial charge in [-0.3, -0.25) is 0 Å². The minimum Gasteiger partial charge on any atom is -0.447 e. The number of aliphatic hydroxyl groups is 1. The molecular formula is C11H20N2O4S. The first kappa shape index (κ1) is 15.2. The number of aliphatic hydroxyl groups excluding tert-OH is 1. The fourth-order valence-electron chi connectivity index (χ4n) is 1.19. The Kier molecular flexibility index (Phi) is 4.92. The van der Waals surface area contributed by atoms with Crippen molar-refractivity contribution in [3.05, 3.63) is 17.9 Å². The summed E-state index contributed by atoms with van der Waals surface area (Å²) in [6, 6.07) is 3.03. The van der Waals surface area contributed by atoms with E-state index in [0.29, 0.717) is 12.3 Å². The van der Waals surface area contributed by atoms with Crippen LogP contribution in [0.25, 0.3) is 0 Å². The van der Waals surface area contributed by atoms with Crippen molar-refractivity contribution >= 4 is 10.0 Å². The van der Waals surface area contributed by atoms with Crippen LogP contribution in [-0.4, -0.2) is 33.7 Å². The number of furan rings is 1. The normalized spacial score (nSPS) is 12.9. The van der Waals surface area contributed by atoms with E-state index in [-0.39, 0.29) is 18.2 Å². The van der Waals surface area contributed by atoms with Gasteiger partial charge in [0.25, 0.3) is 10.0 Å². The Bertz CT molecular complexity index is 479. The van der Waals surface area contributed by atoms with Crippen molar-refractivity contribution in [1.82, 2.24) is 10.0 Å². The van der Waals surface area contributed by atoms with Crippen molar-refractivity contribution in [2.45, 2.75) is 25.5 Å². The first-order chi connectivity index (χ1) is 8.30. The van der Waals surface area contributed by atoms with Gasteiger partial charge in [0.2, 0.25) is 5.09 Å². The summed E-state index contributed by atoms with van der Waals surface area (Å²) < 4.78 is 31.4. The van der Waals surface area contributed by atoms with Gasteiger partial charge in [0.1, 0.15) is 5.76 Å². The summed E-state index contributed by atoms with van der Waals surface area (Å²) in [6.07, 6.45) is 0. The second-order valence-electron chi connectivity index (χ2n) is 4.90. The van der Waals surface area contributed by atoms with Crippen LogP contribution in [-0.2, 0) is 16.6 Å². The summed E-state index contributed by atoms with van der Waals surface area (Å²) in [7, 11) is -1.91. The Morgan fingerprint density at radius 3 is 2.61 bits per heavy atom. The highest BCUT2D eigenvalue weighted by molar-refractivity contribution is 7.89. The molecule has 0 bridgehead atoms. The predicted molar refractivity (Wildman–Crippen MR) is 67.5 cm³/mol. The molecule has 0 aromatic carbocycles. The van der Waals surface area contributed by atoms with Gasteiger partial charge in [-0.25, -0.2) is 13.1 Å². The number of hydrogen-bond donors (Lipinski definition) is 3. The maximum atomic E-state index is 11.9. The lowest BCUT2D eigenvalue weighted by molar-refractivity contribution is 0.163. The molecule has 0 unspecified atom stereocenters. The molecule has 0 spiro atoms. The van der Waals surface area contributed by atoms with E-state index in [4.69, 9.17) is 9.52 Å². The van der Waals surface area contributed by atoms with Crippen LogP contribution in [0.5, 0.6) is 0 Å². The van der Waals surface area contributed by atoms with E-state index < -0.39 is 15.4 Å². The summed E-state index contributed by atoms with van der Waals surface area (Å²) in [6.45, 7) is 4.05. The standard InChI is InChI=1S/C11H20N2O4S/c1-11(2,8-14)7-13-18(15,16)10-5-4-9(17-10)6-12-3/h4-5,12-14H,6-8H2,1-3H3. The second kappa shape index (κ2) is 5.83. The first-order valence-corrected chi connectivity index (χ1v) is 7.13. The molecule has 0 aliphatic carbocycles. The van der Waals surface area contributed by atoms with Crippen LogP contribution in [0.4, 0.5) is 0 Å². The average Bonchev–Trinajstić information content (AvgIpc) is 2.77. The number of rotatable bonds is 7. The van der Waals surface area contributed by atoms with E-state index in [0.717, 1.165) is 0 Å². The van der Waals surface area contributed by atoms with Crippen LogP contribution in [0.2, 0.25) is 0 Å². The monoisotopic (exact) mass is 276 g/mol. The predicted octanol–water partition coefficient (Wildman–Crippen LogP) is 0.296. The zero-order valence-electron chi connectivity index (χ0n) is 10.9. The highest BCUT2D eigenvalue weighted by Gasteiger charge is 2.23. The molecule has 1 aromatic heterocycles. The van der Waals surface area contributed by atoms with E-state index in [2.05, 4.69) is 10.0 Å². The summed E-state index contributed by atoms with van der Waals surface area (Å²) in [4.78, 5) is 0. The number of sulfonamides is 1. The minimum absolute atomic E-state index is 0.0985. The van der Waals surface area contributed by atoms with Gasteiger partial charge in [-0.15, -0.1) is 0 Å². The summed E-state index contributed by atoms with van der Waals surface area (Å²) >= 11 is 0. The molecule has 1 heterocycles. The van der Waals surface area contributed by atoms with Crippen molar-refractivity contribution < 1.29 is 17.9 Å². The average molecular weight is 276 g/mol. The van der Waals surface area contributed by atoms with Crippen LogP contribution < -0.4 is 10.0 Å². The van der Waals surface area contributed by atoms with Crippen molar-refractivity contribution in [1.29, 1.82) is 0 Å². The van der Waals surface area contributed by atoms with Gasteiger partial charge in [-0.1, -0.05) is 13.8 Å². The Balaban J connectivity index is 2.74. The smallest absolute Gasteiger partial charge is 0.273 e. The fraction of sp³-hybridized carbons (Fsp3) is 0.636. The molecule has 18 heavy (non-hydrogen) atoms. The third-order valence-electron chi connectivity index (χ3n) is 2.42. The van der Waals surface area contributed by atoms with Crippen molar-refractivity contribution in [2.75, 3.05) is 20.2 Å². The molecule has 104 valence electrons. The van der Waals surface area contributed by atoms with Crippen molar-refractivity contribution in [3.63, 3.8) is 0 Å². The van der Waals surface area contributed by atoms with Crippen molar-refractivity contribution in [2.24, 2.45) is 5.41 Å². The quantitative estimate of drug-likeness (QED) is 0.666. The van der Waals surface area contributed by atoms with Crippen LogP contribution in [0.3, 0.4) is 0 Å². The Labute approximate surface area is 107 Å². The lowest BCUT2D eigenvalue weighted by Crippen LogP contribution is -2.35. The van der Waals surface area contributed by atoms with E-state index in [1.807, 2.05) is 0 Å². The van der Waals surface area contributed by atoms with Crippen LogP contribution in [0, 0.1) is 5.41 Å². The summed E-state index contributed by atoms with van der Waals surface area (Å²) in [5.74, 6) is 0.555. The fourth-order valence-corrected chi connectivity index (χ4v) is 2.38. The number of hydrogen-bond acceptors (Lipinski definition) is 5. The molecule has 0 fully saturated rings. The molecule has 3 N–H and O–H groups in total. The van der Waals surface area contributed by atoms with E-state index in [1.165, 1.54) is 6.07 Å². The van der Waals surface area contributed by atoms with Gasteiger partial charge in [-0.2, -0.15) is 0 Å². The topological polar surface area (TPSA) is 91.6 Å². The molecular weight excluding hydrogens is 256 g/mol. The zero-order chi connectivity index (χ0) is 13.8. The molecule has 0 atom stereocenters. The maximum absolute atomic E-state index is 11.9. The molecule has 0 aliphatic heterocycles. The molecule has 7 heteroatoms. The number of nitrogens with one attached hydrogen (secondary N) is 2. The summed E-state index contributed by atoms with van der Waals surface area (Å²) in [5, 5.41) is 11.8. The van der Waals surface area contributed by atoms with Gasteiger partial charge in [0.05, 0.1) is 6.54 Å². The zero-order valence-corrected chi connectivity index (χ0v) is 11.7. The lowest BCUT2D eigenvalue weighted by Gasteiger charge is -2.21. The van der Waals surface area contributed by atoms with Crippen molar-refractivity contribution in [3.8, 4) is 0 Å². The molecule has 6 nitrogen and oxygen atoms in total. The van der Waals surface area contributed by atoms with Gasteiger partial charge < -0.3 is 14.8 Å². The lowest BCUT2D eigenvalue weighted by atomic mass is 9.96. The van der Waals surface area contributed by atoms with E-state index in [9.17, 15) is 8.42 Å². The molecule has 0 saturated heterocycles. The van der Waals surface area contributed by atoms with Gasteiger partial charge in [0.15, 0.2) is 0 Å². The van der Waals surface area contributed by atoms with Gasteiger partial charge >= 0.3 is 0 Å². The second-order valence-corrected chi connectivity index (χ2v) is 6.60. The van der Waals surface area contributed by atoms with Crippen LogP contribution in [0.15, 0.2) is 21.6 Å². The molecule has 0 saturated carbocycles. The van der Waals surface area contributed by atoms with E-state index >= 15 is 0 Å². The van der Waals surface area contributed by atoms with Gasteiger partial charge in [-0.05, 0) is 19.2 Å². The molecule has 1 rings (SSSR count).